The van der Waals surface area contributed by atoms with Crippen molar-refractivity contribution < 1.29 is 19.1 Å². The number of hydrogen-bond donors (Lipinski definition) is 0. The highest BCUT2D eigenvalue weighted by Gasteiger charge is 2.35. The van der Waals surface area contributed by atoms with Crippen LogP contribution >= 0.6 is 0 Å². The first-order chi connectivity index (χ1) is 18.6. The monoisotopic (exact) mass is 522 g/mol. The smallest absolute Gasteiger partial charge is 0.241 e. The zero-order valence-corrected chi connectivity index (χ0v) is 22.9. The van der Waals surface area contributed by atoms with Crippen LogP contribution in [0.2, 0.25) is 0 Å². The van der Waals surface area contributed by atoms with E-state index in [1.165, 1.54) is 5.56 Å². The summed E-state index contributed by atoms with van der Waals surface area (Å²) in [7, 11) is 2.15. The van der Waals surface area contributed by atoms with Gasteiger partial charge >= 0.3 is 0 Å². The molecule has 0 N–H and O–H groups in total. The van der Waals surface area contributed by atoms with Crippen molar-refractivity contribution in [3.63, 3.8) is 0 Å². The highest BCUT2D eigenvalue weighted by Crippen LogP contribution is 2.39. The molecule has 2 aliphatic rings. The van der Waals surface area contributed by atoms with Crippen molar-refractivity contribution in [1.82, 2.24) is 14.8 Å². The Labute approximate surface area is 226 Å². The van der Waals surface area contributed by atoms with Gasteiger partial charge in [0.25, 0.3) is 0 Å². The van der Waals surface area contributed by atoms with Crippen molar-refractivity contribution in [3.05, 3.63) is 48.3 Å². The van der Waals surface area contributed by atoms with E-state index in [4.69, 9.17) is 9.47 Å². The average Bonchev–Trinajstić information content (AvgIpc) is 3.57. The molecule has 1 saturated heterocycles. The summed E-state index contributed by atoms with van der Waals surface area (Å²) in [5.41, 5.74) is 2.11. The third-order valence-corrected chi connectivity index (χ3v) is 7.68. The molecule has 1 aromatic heterocycles. The number of unbranched alkanes of at least 4 members (excludes halogenated alkanes) is 3. The van der Waals surface area contributed by atoms with Crippen LogP contribution in [0.5, 0.6) is 11.5 Å². The van der Waals surface area contributed by atoms with Gasteiger partial charge in [0.05, 0.1) is 18.4 Å². The fourth-order valence-corrected chi connectivity index (χ4v) is 5.46. The molecular weight excluding hydrogens is 480 g/mol. The second-order valence-electron chi connectivity index (χ2n) is 10.5. The van der Waals surface area contributed by atoms with Crippen LogP contribution in [0.1, 0.15) is 63.4 Å². The number of hydrogen-bond acceptors (Lipinski definition) is 7. The molecule has 0 spiro atoms. The van der Waals surface area contributed by atoms with E-state index in [-0.39, 0.29) is 12.7 Å². The normalized spacial score (nSPS) is 18.7. The molecule has 2 atom stereocenters. The average molecular weight is 523 g/mol. The lowest BCUT2D eigenvalue weighted by Crippen LogP contribution is -2.43. The van der Waals surface area contributed by atoms with Gasteiger partial charge in [-0.3, -0.25) is 14.7 Å². The number of fused-ring (bicyclic) bond motifs is 1. The molecule has 0 bridgehead atoms. The lowest BCUT2D eigenvalue weighted by molar-refractivity contribution is -0.120. The topological polar surface area (TPSA) is 75.2 Å². The van der Waals surface area contributed by atoms with Gasteiger partial charge in [0.15, 0.2) is 11.5 Å². The Kier molecular flexibility index (Phi) is 10.5. The van der Waals surface area contributed by atoms with Crippen molar-refractivity contribution >= 4 is 17.9 Å². The Morgan fingerprint density at radius 1 is 1.13 bits per heavy atom. The van der Waals surface area contributed by atoms with E-state index in [0.717, 1.165) is 81.6 Å². The molecule has 2 aromatic rings. The van der Waals surface area contributed by atoms with Gasteiger partial charge in [0, 0.05) is 31.7 Å². The molecular formula is C30H42N4O4. The SMILES string of the molecule is CCCCN(C(=O)CN1C[C@H](c2ccc3c(c2)OCO3)C[C@@H]1CCN(C)CCCCC=O)c1cccnc1. The first kappa shape index (κ1) is 28.0. The minimum atomic E-state index is 0.130. The van der Waals surface area contributed by atoms with Gasteiger partial charge in [-0.2, -0.15) is 0 Å². The first-order valence-corrected chi connectivity index (χ1v) is 14.0. The van der Waals surface area contributed by atoms with E-state index in [2.05, 4.69) is 40.9 Å². The second kappa shape index (κ2) is 14.3. The van der Waals surface area contributed by atoms with Crippen molar-refractivity contribution in [1.29, 1.82) is 0 Å². The number of ether oxygens (including phenoxy) is 2. The lowest BCUT2D eigenvalue weighted by atomic mass is 9.95. The molecule has 1 fully saturated rings. The highest BCUT2D eigenvalue weighted by atomic mass is 16.7. The van der Waals surface area contributed by atoms with Crippen molar-refractivity contribution in [3.8, 4) is 11.5 Å². The Morgan fingerprint density at radius 3 is 2.79 bits per heavy atom. The molecule has 2 aliphatic heterocycles. The fourth-order valence-electron chi connectivity index (χ4n) is 5.46. The van der Waals surface area contributed by atoms with E-state index >= 15 is 0 Å². The number of anilines is 1. The molecule has 4 rings (SSSR count). The van der Waals surface area contributed by atoms with Crippen molar-refractivity contribution in [2.24, 2.45) is 0 Å². The number of aldehydes is 1. The van der Waals surface area contributed by atoms with Gasteiger partial charge < -0.3 is 24.1 Å². The predicted octanol–water partition coefficient (Wildman–Crippen LogP) is 4.49. The van der Waals surface area contributed by atoms with Crippen LogP contribution in [-0.2, 0) is 9.59 Å². The van der Waals surface area contributed by atoms with Crippen LogP contribution in [0.4, 0.5) is 5.69 Å². The molecule has 1 amide bonds. The number of amides is 1. The van der Waals surface area contributed by atoms with E-state index in [1.807, 2.05) is 23.1 Å². The summed E-state index contributed by atoms with van der Waals surface area (Å²) in [6.07, 6.45) is 11.1. The van der Waals surface area contributed by atoms with Gasteiger partial charge in [-0.05, 0) is 88.0 Å². The maximum absolute atomic E-state index is 13.7. The van der Waals surface area contributed by atoms with Crippen molar-refractivity contribution in [2.45, 2.75) is 63.8 Å². The molecule has 0 saturated carbocycles. The Bertz CT molecular complexity index is 1030. The first-order valence-electron chi connectivity index (χ1n) is 14.0. The fraction of sp³-hybridized carbons (Fsp3) is 0.567. The number of pyridine rings is 1. The molecule has 3 heterocycles. The number of rotatable bonds is 15. The minimum Gasteiger partial charge on any atom is -0.454 e. The van der Waals surface area contributed by atoms with Crippen LogP contribution in [0.25, 0.3) is 0 Å². The van der Waals surface area contributed by atoms with E-state index in [1.54, 1.807) is 12.4 Å². The standard InChI is InChI=1S/C30H42N4O4/c1-3-4-15-34(27-9-8-13-31-20-27)30(36)22-33-21-25(24-10-11-28-29(19-24)38-23-37-28)18-26(33)12-16-32(2)14-6-5-7-17-35/h8-11,13,17,19-20,25-26H,3-7,12,14-16,18,21-23H2,1-2H3/t25-,26+/m1/s1. The third kappa shape index (κ3) is 7.54. The molecule has 206 valence electrons. The summed E-state index contributed by atoms with van der Waals surface area (Å²) in [5.74, 6) is 2.08. The zero-order chi connectivity index (χ0) is 26.7. The molecule has 38 heavy (non-hydrogen) atoms. The van der Waals surface area contributed by atoms with E-state index < -0.39 is 0 Å². The van der Waals surface area contributed by atoms with Gasteiger partial charge in [0.2, 0.25) is 12.7 Å². The summed E-state index contributed by atoms with van der Waals surface area (Å²) in [6, 6.07) is 10.4. The number of carbonyl (C=O) groups excluding carboxylic acids is 2. The quantitative estimate of drug-likeness (QED) is 0.252. The zero-order valence-electron chi connectivity index (χ0n) is 22.9. The van der Waals surface area contributed by atoms with E-state index in [9.17, 15) is 9.59 Å². The Hall–Kier alpha value is -2.97. The number of nitrogens with zero attached hydrogens (tertiary/aromatic N) is 4. The van der Waals surface area contributed by atoms with Gasteiger partial charge in [-0.1, -0.05) is 19.4 Å². The maximum Gasteiger partial charge on any atom is 0.241 e. The van der Waals surface area contributed by atoms with Crippen LogP contribution in [-0.4, -0.2) is 79.6 Å². The second-order valence-corrected chi connectivity index (χ2v) is 10.5. The van der Waals surface area contributed by atoms with Crippen LogP contribution < -0.4 is 14.4 Å². The van der Waals surface area contributed by atoms with Gasteiger partial charge in [0.1, 0.15) is 6.29 Å². The van der Waals surface area contributed by atoms with Crippen molar-refractivity contribution in [2.75, 3.05) is 51.5 Å². The van der Waals surface area contributed by atoms with Gasteiger partial charge in [-0.25, -0.2) is 0 Å². The molecule has 8 nitrogen and oxygen atoms in total. The summed E-state index contributed by atoms with van der Waals surface area (Å²) in [4.78, 5) is 35.2. The minimum absolute atomic E-state index is 0.130. The summed E-state index contributed by atoms with van der Waals surface area (Å²) in [5, 5.41) is 0. The Morgan fingerprint density at radius 2 is 2.00 bits per heavy atom. The molecule has 0 unspecified atom stereocenters. The predicted molar refractivity (Wildman–Crippen MR) is 149 cm³/mol. The lowest BCUT2D eigenvalue weighted by Gasteiger charge is -2.29. The third-order valence-electron chi connectivity index (χ3n) is 7.68. The van der Waals surface area contributed by atoms with Crippen LogP contribution in [0.15, 0.2) is 42.7 Å². The molecule has 1 aromatic carbocycles. The number of benzene rings is 1. The molecule has 8 heteroatoms. The molecule has 0 radical (unpaired) electrons. The summed E-state index contributed by atoms with van der Waals surface area (Å²) >= 11 is 0. The largest absolute Gasteiger partial charge is 0.454 e. The van der Waals surface area contributed by atoms with Crippen LogP contribution in [0.3, 0.4) is 0 Å². The summed E-state index contributed by atoms with van der Waals surface area (Å²) in [6.45, 7) is 6.31. The molecule has 0 aliphatic carbocycles. The number of likely N-dealkylation sites (tertiary alicyclic amines) is 1. The number of aromatic nitrogens is 1. The Balaban J connectivity index is 1.44. The highest BCUT2D eigenvalue weighted by molar-refractivity contribution is 5.94. The summed E-state index contributed by atoms with van der Waals surface area (Å²) < 4.78 is 11.1. The number of carbonyl (C=O) groups is 2. The maximum atomic E-state index is 13.7. The van der Waals surface area contributed by atoms with Crippen LogP contribution in [0, 0.1) is 0 Å². The van der Waals surface area contributed by atoms with E-state index in [0.29, 0.717) is 31.5 Å². The van der Waals surface area contributed by atoms with Gasteiger partial charge in [-0.15, -0.1) is 0 Å².